The average Bonchev–Trinajstić information content (AvgIpc) is 3.29. The summed E-state index contributed by atoms with van der Waals surface area (Å²) in [5.74, 6) is -2.89. The third-order valence-electron chi connectivity index (χ3n) is 12.9. The van der Waals surface area contributed by atoms with Crippen LogP contribution in [0, 0.1) is 0 Å². The molecule has 6 atom stereocenters. The molecule has 0 spiro atoms. The Labute approximate surface area is 392 Å². The summed E-state index contributed by atoms with van der Waals surface area (Å²) in [6.45, 7) is 3.89. The zero-order valence-corrected chi connectivity index (χ0v) is 40.5. The number of carbonyl (C=O) groups excluding carboxylic acids is 3. The van der Waals surface area contributed by atoms with Gasteiger partial charge in [-0.2, -0.15) is 0 Å². The van der Waals surface area contributed by atoms with Crippen molar-refractivity contribution in [3.05, 3.63) is 35.9 Å². The third-order valence-corrected chi connectivity index (χ3v) is 12.9. The lowest BCUT2D eigenvalue weighted by Crippen LogP contribution is -2.78. The number of nitrogens with zero attached hydrogens (tertiary/aromatic N) is 1. The van der Waals surface area contributed by atoms with E-state index in [1.54, 1.807) is 30.3 Å². The molecule has 0 aromatic heterocycles. The zero-order valence-electron chi connectivity index (χ0n) is 40.5. The first-order valence-electron chi connectivity index (χ1n) is 26.0. The van der Waals surface area contributed by atoms with Gasteiger partial charge in [0.15, 0.2) is 6.23 Å². The molecule has 0 unspecified atom stereocenters. The summed E-state index contributed by atoms with van der Waals surface area (Å²) >= 11 is 0. The Bertz CT molecular complexity index is 1400. The highest BCUT2D eigenvalue weighted by atomic mass is 16.6. The molecular formula is C52H91N3O10. The molecule has 0 saturated carbocycles. The van der Waals surface area contributed by atoms with E-state index in [-0.39, 0.29) is 44.6 Å². The minimum absolute atomic E-state index is 0.0163. The van der Waals surface area contributed by atoms with Gasteiger partial charge in [0.1, 0.15) is 24.4 Å². The summed E-state index contributed by atoms with van der Waals surface area (Å²) in [5.41, 5.74) is -2.07. The number of amides is 3. The number of rotatable bonds is 40. The predicted molar refractivity (Wildman–Crippen MR) is 257 cm³/mol. The molecule has 0 aliphatic carbocycles. The molecule has 13 nitrogen and oxygen atoms in total. The Balaban J connectivity index is 2.16. The maximum absolute atomic E-state index is 14.3. The van der Waals surface area contributed by atoms with Gasteiger partial charge in [0.25, 0.3) is 0 Å². The van der Waals surface area contributed by atoms with Crippen molar-refractivity contribution in [2.45, 2.75) is 256 Å². The van der Waals surface area contributed by atoms with Crippen molar-refractivity contribution in [3.63, 3.8) is 0 Å². The second kappa shape index (κ2) is 36.0. The molecule has 3 amide bonds. The van der Waals surface area contributed by atoms with Crippen LogP contribution in [0.4, 0.5) is 0 Å². The van der Waals surface area contributed by atoms with Crippen LogP contribution in [0.25, 0.3) is 0 Å². The molecule has 1 aromatic carbocycles. The fourth-order valence-electron chi connectivity index (χ4n) is 8.85. The number of hydrogen-bond donors (Lipinski definition) is 7. The number of carboxylic acids is 1. The summed E-state index contributed by atoms with van der Waals surface area (Å²) in [5, 5.41) is 59.4. The fourth-order valence-corrected chi connectivity index (χ4v) is 8.85. The normalized spacial score (nSPS) is 20.0. The topological polar surface area (TPSA) is 206 Å². The second-order valence-corrected chi connectivity index (χ2v) is 18.7. The molecular weight excluding hydrogens is 827 g/mol. The van der Waals surface area contributed by atoms with Gasteiger partial charge in [0.2, 0.25) is 23.4 Å². The molecule has 1 aliphatic rings. The van der Waals surface area contributed by atoms with Crippen LogP contribution in [0.2, 0.25) is 0 Å². The lowest BCUT2D eigenvalue weighted by molar-refractivity contribution is -0.312. The van der Waals surface area contributed by atoms with Gasteiger partial charge in [-0.3, -0.25) is 19.2 Å². The summed E-state index contributed by atoms with van der Waals surface area (Å²) < 4.78 is 6.10. The smallest absolute Gasteiger partial charge is 0.303 e. The highest BCUT2D eigenvalue weighted by Gasteiger charge is 2.58. The van der Waals surface area contributed by atoms with Gasteiger partial charge in [-0.15, -0.1) is 0 Å². The number of aliphatic hydroxyl groups is 4. The van der Waals surface area contributed by atoms with Gasteiger partial charge in [-0.1, -0.05) is 205 Å². The number of carboxylic acid groups (broad SMARTS) is 1. The number of nitrogens with one attached hydrogen (secondary N) is 2. The van der Waals surface area contributed by atoms with E-state index in [4.69, 9.17) is 9.84 Å². The van der Waals surface area contributed by atoms with Crippen LogP contribution >= 0.6 is 0 Å². The number of benzene rings is 1. The van der Waals surface area contributed by atoms with Crippen LogP contribution in [0.5, 0.6) is 0 Å². The van der Waals surface area contributed by atoms with E-state index in [2.05, 4.69) is 24.5 Å². The van der Waals surface area contributed by atoms with E-state index >= 15 is 0 Å². The van der Waals surface area contributed by atoms with Gasteiger partial charge in [-0.25, -0.2) is 0 Å². The van der Waals surface area contributed by atoms with Crippen LogP contribution in [-0.2, 0) is 30.3 Å². The molecule has 7 N–H and O–H groups in total. The highest BCUT2D eigenvalue weighted by Crippen LogP contribution is 2.32. The molecule has 1 aromatic rings. The largest absolute Gasteiger partial charge is 0.481 e. The van der Waals surface area contributed by atoms with Crippen molar-refractivity contribution in [3.8, 4) is 0 Å². The van der Waals surface area contributed by atoms with E-state index in [0.717, 1.165) is 51.4 Å². The lowest BCUT2D eigenvalue weighted by Gasteiger charge is -2.51. The number of aliphatic carboxylic acids is 1. The van der Waals surface area contributed by atoms with Crippen LogP contribution in [0.15, 0.2) is 30.3 Å². The van der Waals surface area contributed by atoms with Crippen molar-refractivity contribution in [2.24, 2.45) is 0 Å². The van der Waals surface area contributed by atoms with Crippen molar-refractivity contribution < 1.29 is 49.4 Å². The molecule has 0 bridgehead atoms. The Morgan fingerprint density at radius 2 is 1.11 bits per heavy atom. The molecule has 2 rings (SSSR count). The van der Waals surface area contributed by atoms with Gasteiger partial charge in [-0.05, 0) is 24.8 Å². The summed E-state index contributed by atoms with van der Waals surface area (Å²) in [7, 11) is 0. The second-order valence-electron chi connectivity index (χ2n) is 18.7. The molecule has 1 heterocycles. The van der Waals surface area contributed by atoms with Gasteiger partial charge in [0, 0.05) is 32.2 Å². The van der Waals surface area contributed by atoms with E-state index in [1.807, 2.05) is 0 Å². The molecule has 13 heteroatoms. The number of ether oxygens (including phenoxy) is 1. The third kappa shape index (κ3) is 24.5. The van der Waals surface area contributed by atoms with Crippen molar-refractivity contribution in [1.29, 1.82) is 0 Å². The van der Waals surface area contributed by atoms with Gasteiger partial charge >= 0.3 is 5.97 Å². The van der Waals surface area contributed by atoms with Gasteiger partial charge < -0.3 is 45.8 Å². The maximum atomic E-state index is 14.3. The van der Waals surface area contributed by atoms with E-state index in [0.29, 0.717) is 18.4 Å². The molecule has 65 heavy (non-hydrogen) atoms. The van der Waals surface area contributed by atoms with Crippen molar-refractivity contribution in [1.82, 2.24) is 15.5 Å². The Morgan fingerprint density at radius 1 is 0.646 bits per heavy atom. The number of carbonyl (C=O) groups is 4. The Hall–Kier alpha value is -3.10. The predicted octanol–water partition coefficient (Wildman–Crippen LogP) is 9.00. The molecule has 374 valence electrons. The number of aliphatic hydroxyl groups excluding tert-OH is 3. The van der Waals surface area contributed by atoms with Crippen LogP contribution in [0.1, 0.15) is 218 Å². The summed E-state index contributed by atoms with van der Waals surface area (Å²) in [6.07, 6.45) is 23.9. The number of hydrogen-bond acceptors (Lipinski definition) is 9. The molecule has 1 saturated heterocycles. The Kier molecular flexibility index (Phi) is 32.1. The molecule has 1 fully saturated rings. The van der Waals surface area contributed by atoms with Gasteiger partial charge in [0.05, 0.1) is 6.61 Å². The quantitative estimate of drug-likeness (QED) is 0.0246. The summed E-state index contributed by atoms with van der Waals surface area (Å²) in [6, 6.07) is 7.56. The lowest BCUT2D eigenvalue weighted by atomic mass is 9.90. The average molecular weight is 918 g/mol. The van der Waals surface area contributed by atoms with E-state index in [1.165, 1.54) is 114 Å². The zero-order chi connectivity index (χ0) is 47.5. The maximum Gasteiger partial charge on any atom is 0.303 e. The van der Waals surface area contributed by atoms with E-state index in [9.17, 15) is 39.6 Å². The molecule has 0 radical (unpaired) electrons. The first-order chi connectivity index (χ1) is 31.5. The number of unbranched alkanes of at least 4 members (excludes halogenated alkanes) is 25. The SMILES string of the molecule is CCCCCCCCCCCCCCCCCC(=O)N(CCCCCCCCCCCCCC)[C@@H]1O[C@H](CO)[C@@H](O)[C@H](O)[C@]1(O)NC(=O)[C@H](Cc1ccccc1)NC(=O)CCCC(=O)O. The standard InChI is InChI=1S/C52H91N3O10/c1-3-5-7-9-11-13-15-17-18-19-20-22-24-26-31-37-46(58)55(39-32-27-25-23-21-16-14-12-10-8-6-4-2)51-52(64,49(62)48(61)44(41-56)65-51)54-50(63)43(40-42-34-29-28-30-35-42)53-45(57)36-33-38-47(59)60/h28-30,34-35,43-44,48-49,51,56,61-62,64H,3-27,31-33,36-41H2,1-2H3,(H,53,57)(H,54,63)(H,59,60)/t43-,44+,48+,49-,51+,52+/m0/s1. The first-order valence-corrected chi connectivity index (χ1v) is 26.0. The van der Waals surface area contributed by atoms with Crippen LogP contribution in [-0.4, -0.2) is 104 Å². The van der Waals surface area contributed by atoms with Crippen LogP contribution < -0.4 is 10.6 Å². The Morgan fingerprint density at radius 3 is 1.57 bits per heavy atom. The monoisotopic (exact) mass is 918 g/mol. The van der Waals surface area contributed by atoms with Crippen LogP contribution in [0.3, 0.4) is 0 Å². The minimum atomic E-state index is -2.74. The van der Waals surface area contributed by atoms with E-state index < -0.39 is 60.7 Å². The highest BCUT2D eigenvalue weighted by molar-refractivity contribution is 5.88. The first kappa shape index (κ1) is 58.0. The fraction of sp³-hybridized carbons (Fsp3) is 0.808. The summed E-state index contributed by atoms with van der Waals surface area (Å²) in [4.78, 5) is 53.9. The van der Waals surface area contributed by atoms with Crippen molar-refractivity contribution in [2.75, 3.05) is 13.2 Å². The minimum Gasteiger partial charge on any atom is -0.481 e. The molecule has 1 aliphatic heterocycles. The van der Waals surface area contributed by atoms with Crippen molar-refractivity contribution >= 4 is 23.7 Å².